The molecule has 106 valence electrons. The Morgan fingerprint density at radius 1 is 1.53 bits per heavy atom. The molecule has 0 fully saturated rings. The van der Waals surface area contributed by atoms with Crippen LogP contribution in [0, 0.1) is 15.9 Å². The van der Waals surface area contributed by atoms with E-state index >= 15 is 0 Å². The van der Waals surface area contributed by atoms with E-state index in [-0.39, 0.29) is 13.0 Å². The summed E-state index contributed by atoms with van der Waals surface area (Å²) >= 11 is 0. The number of halogens is 1. The van der Waals surface area contributed by atoms with Crippen LogP contribution in [0.2, 0.25) is 0 Å². The van der Waals surface area contributed by atoms with Gasteiger partial charge in [-0.15, -0.1) is 0 Å². The Bertz CT molecular complexity index is 575. The number of hydrogen-bond acceptors (Lipinski definition) is 5. The number of aliphatic hydroxyl groups is 1. The third kappa shape index (κ3) is 3.69. The molecule has 1 rings (SSSR count). The second kappa shape index (κ2) is 6.04. The van der Waals surface area contributed by atoms with Crippen molar-refractivity contribution in [1.82, 2.24) is 4.72 Å². The lowest BCUT2D eigenvalue weighted by Crippen LogP contribution is -2.33. The summed E-state index contributed by atoms with van der Waals surface area (Å²) in [5.41, 5.74) is -1.09. The van der Waals surface area contributed by atoms with Gasteiger partial charge in [0.2, 0.25) is 15.8 Å². The Kier molecular flexibility index (Phi) is 4.92. The summed E-state index contributed by atoms with van der Waals surface area (Å²) in [5.74, 6) is -1.22. The highest BCUT2D eigenvalue weighted by molar-refractivity contribution is 7.89. The SMILES string of the molecule is CC(CCO)NS(=O)(=O)c1cccc(F)c1[N+](=O)[O-]. The number of nitrogens with one attached hydrogen (secondary N) is 1. The molecule has 19 heavy (non-hydrogen) atoms. The van der Waals surface area contributed by atoms with Crippen LogP contribution in [-0.2, 0) is 10.0 Å². The predicted octanol–water partition coefficient (Wildman–Crippen LogP) is 0.783. The van der Waals surface area contributed by atoms with E-state index in [0.717, 1.165) is 18.2 Å². The minimum atomic E-state index is -4.22. The highest BCUT2D eigenvalue weighted by atomic mass is 32.2. The summed E-state index contributed by atoms with van der Waals surface area (Å²) in [6.45, 7) is 1.24. The number of nitro benzene ring substituents is 1. The van der Waals surface area contributed by atoms with Crippen molar-refractivity contribution in [2.24, 2.45) is 0 Å². The van der Waals surface area contributed by atoms with Crippen LogP contribution in [0.25, 0.3) is 0 Å². The van der Waals surface area contributed by atoms with Gasteiger partial charge in [-0.1, -0.05) is 6.07 Å². The summed E-state index contributed by atoms with van der Waals surface area (Å²) in [4.78, 5) is 8.92. The van der Waals surface area contributed by atoms with E-state index in [4.69, 9.17) is 5.11 Å². The molecule has 0 radical (unpaired) electrons. The molecular formula is C10H13FN2O5S. The van der Waals surface area contributed by atoms with Crippen LogP contribution in [0.3, 0.4) is 0 Å². The molecule has 1 aromatic rings. The van der Waals surface area contributed by atoms with Crippen LogP contribution in [0.5, 0.6) is 0 Å². The van der Waals surface area contributed by atoms with Gasteiger partial charge in [0.25, 0.3) is 0 Å². The van der Waals surface area contributed by atoms with Crippen molar-refractivity contribution in [2.75, 3.05) is 6.61 Å². The number of nitro groups is 1. The van der Waals surface area contributed by atoms with Crippen LogP contribution in [0.15, 0.2) is 23.1 Å². The molecule has 0 aliphatic carbocycles. The molecule has 1 atom stereocenters. The normalized spacial score (nSPS) is 13.2. The lowest BCUT2D eigenvalue weighted by Gasteiger charge is -2.13. The zero-order chi connectivity index (χ0) is 14.6. The Labute approximate surface area is 109 Å². The lowest BCUT2D eigenvalue weighted by molar-refractivity contribution is -0.390. The van der Waals surface area contributed by atoms with Gasteiger partial charge in [-0.05, 0) is 25.5 Å². The molecule has 7 nitrogen and oxygen atoms in total. The van der Waals surface area contributed by atoms with E-state index in [9.17, 15) is 22.9 Å². The molecule has 2 N–H and O–H groups in total. The molecule has 0 aliphatic heterocycles. The first-order valence-electron chi connectivity index (χ1n) is 5.35. The van der Waals surface area contributed by atoms with E-state index < -0.39 is 37.4 Å². The van der Waals surface area contributed by atoms with E-state index in [1.165, 1.54) is 6.92 Å². The van der Waals surface area contributed by atoms with Crippen LogP contribution in [-0.4, -0.2) is 31.1 Å². The largest absolute Gasteiger partial charge is 0.396 e. The fourth-order valence-electron chi connectivity index (χ4n) is 1.47. The maximum Gasteiger partial charge on any atom is 0.324 e. The van der Waals surface area contributed by atoms with Crippen molar-refractivity contribution >= 4 is 15.7 Å². The topological polar surface area (TPSA) is 110 Å². The molecule has 0 aromatic heterocycles. The number of para-hydroxylation sites is 1. The van der Waals surface area contributed by atoms with Crippen molar-refractivity contribution in [1.29, 1.82) is 0 Å². The van der Waals surface area contributed by atoms with Crippen LogP contribution < -0.4 is 4.72 Å². The summed E-state index contributed by atoms with van der Waals surface area (Å²) in [6, 6.07) is 2.22. The van der Waals surface area contributed by atoms with Gasteiger partial charge in [-0.3, -0.25) is 10.1 Å². The number of sulfonamides is 1. The first-order chi connectivity index (χ1) is 8.79. The number of aliphatic hydroxyl groups excluding tert-OH is 1. The molecular weight excluding hydrogens is 279 g/mol. The average molecular weight is 292 g/mol. The van der Waals surface area contributed by atoms with Gasteiger partial charge in [-0.2, -0.15) is 4.39 Å². The van der Waals surface area contributed by atoms with Gasteiger partial charge in [0.05, 0.1) is 4.92 Å². The smallest absolute Gasteiger partial charge is 0.324 e. The molecule has 1 unspecified atom stereocenters. The third-order valence-electron chi connectivity index (χ3n) is 2.34. The Morgan fingerprint density at radius 2 is 2.16 bits per heavy atom. The van der Waals surface area contributed by atoms with Crippen molar-refractivity contribution in [3.05, 3.63) is 34.1 Å². The van der Waals surface area contributed by atoms with Crippen LogP contribution in [0.1, 0.15) is 13.3 Å². The zero-order valence-corrected chi connectivity index (χ0v) is 10.9. The van der Waals surface area contributed by atoms with E-state index in [2.05, 4.69) is 4.72 Å². The van der Waals surface area contributed by atoms with Crippen LogP contribution in [0.4, 0.5) is 10.1 Å². The summed E-state index contributed by atoms with van der Waals surface area (Å²) in [5, 5.41) is 19.4. The zero-order valence-electron chi connectivity index (χ0n) is 10.0. The second-order valence-electron chi connectivity index (χ2n) is 3.88. The Balaban J connectivity index is 3.22. The summed E-state index contributed by atoms with van der Waals surface area (Å²) in [7, 11) is -4.22. The number of benzene rings is 1. The van der Waals surface area contributed by atoms with Gasteiger partial charge in [0, 0.05) is 12.6 Å². The third-order valence-corrected chi connectivity index (χ3v) is 3.96. The number of rotatable bonds is 6. The average Bonchev–Trinajstić information content (AvgIpc) is 2.27. The molecule has 0 saturated carbocycles. The Morgan fingerprint density at radius 3 is 2.68 bits per heavy atom. The first kappa shape index (κ1) is 15.5. The predicted molar refractivity (Wildman–Crippen MR) is 64.5 cm³/mol. The highest BCUT2D eigenvalue weighted by Crippen LogP contribution is 2.26. The molecule has 0 saturated heterocycles. The molecule has 1 aromatic carbocycles. The van der Waals surface area contributed by atoms with Crippen molar-refractivity contribution in [2.45, 2.75) is 24.3 Å². The fourth-order valence-corrected chi connectivity index (χ4v) is 2.93. The van der Waals surface area contributed by atoms with Gasteiger partial charge < -0.3 is 5.11 Å². The minimum absolute atomic E-state index is 0.141. The second-order valence-corrected chi connectivity index (χ2v) is 5.56. The highest BCUT2D eigenvalue weighted by Gasteiger charge is 2.30. The van der Waals surface area contributed by atoms with Gasteiger partial charge in [0.15, 0.2) is 4.90 Å². The Hall–Kier alpha value is -1.58. The minimum Gasteiger partial charge on any atom is -0.396 e. The summed E-state index contributed by atoms with van der Waals surface area (Å²) in [6.07, 6.45) is 0.141. The van der Waals surface area contributed by atoms with Gasteiger partial charge >= 0.3 is 5.69 Å². The maximum absolute atomic E-state index is 13.3. The van der Waals surface area contributed by atoms with Crippen molar-refractivity contribution in [3.8, 4) is 0 Å². The van der Waals surface area contributed by atoms with E-state index in [1.807, 2.05) is 0 Å². The monoisotopic (exact) mass is 292 g/mol. The number of hydrogen-bond donors (Lipinski definition) is 2. The number of nitrogens with zero attached hydrogens (tertiary/aromatic N) is 1. The van der Waals surface area contributed by atoms with Gasteiger partial charge in [0.1, 0.15) is 0 Å². The standard InChI is InChI=1S/C10H13FN2O5S/c1-7(5-6-14)12-19(17,18)9-4-2-3-8(11)10(9)13(15)16/h2-4,7,12,14H,5-6H2,1H3. The van der Waals surface area contributed by atoms with E-state index in [0.29, 0.717) is 0 Å². The van der Waals surface area contributed by atoms with Gasteiger partial charge in [-0.25, -0.2) is 13.1 Å². The molecule has 0 spiro atoms. The van der Waals surface area contributed by atoms with Crippen LogP contribution >= 0.6 is 0 Å². The molecule has 0 bridgehead atoms. The molecule has 9 heteroatoms. The molecule has 0 amide bonds. The quantitative estimate of drug-likeness (QED) is 0.595. The molecule has 0 heterocycles. The molecule has 0 aliphatic rings. The van der Waals surface area contributed by atoms with Crippen molar-refractivity contribution < 1.29 is 22.8 Å². The van der Waals surface area contributed by atoms with Crippen molar-refractivity contribution in [3.63, 3.8) is 0 Å². The lowest BCUT2D eigenvalue weighted by atomic mass is 10.3. The van der Waals surface area contributed by atoms with E-state index in [1.54, 1.807) is 0 Å². The maximum atomic E-state index is 13.3. The summed E-state index contributed by atoms with van der Waals surface area (Å²) < 4.78 is 39.3. The first-order valence-corrected chi connectivity index (χ1v) is 6.84. The fraction of sp³-hybridized carbons (Fsp3) is 0.400.